The fourth-order valence-electron chi connectivity index (χ4n) is 2.10. The minimum Gasteiger partial charge on any atom is -0.387 e. The highest BCUT2D eigenvalue weighted by atomic mass is 35.5. The van der Waals surface area contributed by atoms with E-state index < -0.39 is 18.0 Å². The number of carbonyl (C=O) groups is 1. The Morgan fingerprint density at radius 2 is 2.17 bits per heavy atom. The van der Waals surface area contributed by atoms with Crippen LogP contribution in [0.3, 0.4) is 0 Å². The minimum absolute atomic E-state index is 0.0321. The second kappa shape index (κ2) is 6.81. The molecule has 0 radical (unpaired) electrons. The van der Waals surface area contributed by atoms with E-state index in [-0.39, 0.29) is 17.5 Å². The largest absolute Gasteiger partial charge is 0.387 e. The zero-order valence-electron chi connectivity index (χ0n) is 12.3. The molecule has 2 aromatic heterocycles. The van der Waals surface area contributed by atoms with Gasteiger partial charge in [0.05, 0.1) is 11.1 Å². The van der Waals surface area contributed by atoms with E-state index in [0.29, 0.717) is 11.2 Å². The Kier molecular flexibility index (Phi) is 4.59. The van der Waals surface area contributed by atoms with Gasteiger partial charge in [-0.1, -0.05) is 23.7 Å². The monoisotopic (exact) mass is 349 g/mol. The molecule has 0 aliphatic heterocycles. The number of nitrogens with zero attached hydrogens (tertiary/aromatic N) is 3. The standard InChI is InChI=1S/C15H13ClFN5O2/c16-10-5-4-9(7-11(10)17)12(23)8-18-15(24)19-14-21-20-13-3-1-2-6-22(13)14/h1-7,12,23H,8H2,(H2,18,19,21,24)/t12-/m1/s1. The Bertz CT molecular complexity index is 885. The topological polar surface area (TPSA) is 91.5 Å². The number of aromatic nitrogens is 3. The van der Waals surface area contributed by atoms with Crippen LogP contribution in [0.4, 0.5) is 15.1 Å². The third-order valence-electron chi connectivity index (χ3n) is 3.32. The number of hydrogen-bond acceptors (Lipinski definition) is 4. The van der Waals surface area contributed by atoms with Gasteiger partial charge in [0.25, 0.3) is 0 Å². The van der Waals surface area contributed by atoms with E-state index >= 15 is 0 Å². The Hall–Kier alpha value is -2.71. The van der Waals surface area contributed by atoms with Crippen molar-refractivity contribution in [2.45, 2.75) is 6.10 Å². The van der Waals surface area contributed by atoms with Gasteiger partial charge in [0, 0.05) is 12.7 Å². The molecule has 0 aliphatic rings. The number of halogens is 2. The van der Waals surface area contributed by atoms with Crippen molar-refractivity contribution in [3.63, 3.8) is 0 Å². The van der Waals surface area contributed by atoms with Crippen molar-refractivity contribution in [1.82, 2.24) is 19.9 Å². The van der Waals surface area contributed by atoms with Crippen LogP contribution in [0, 0.1) is 5.82 Å². The Balaban J connectivity index is 1.60. The van der Waals surface area contributed by atoms with E-state index in [0.717, 1.165) is 6.07 Å². The summed E-state index contributed by atoms with van der Waals surface area (Å²) >= 11 is 5.59. The van der Waals surface area contributed by atoms with Crippen molar-refractivity contribution in [3.8, 4) is 0 Å². The number of pyridine rings is 1. The van der Waals surface area contributed by atoms with Crippen molar-refractivity contribution in [1.29, 1.82) is 0 Å². The molecule has 9 heteroatoms. The van der Waals surface area contributed by atoms with Gasteiger partial charge in [0.2, 0.25) is 5.95 Å². The smallest absolute Gasteiger partial charge is 0.321 e. The second-order valence-corrected chi connectivity index (χ2v) is 5.38. The highest BCUT2D eigenvalue weighted by Crippen LogP contribution is 2.19. The summed E-state index contributed by atoms with van der Waals surface area (Å²) in [5, 5.41) is 22.7. The van der Waals surface area contributed by atoms with Crippen LogP contribution in [0.15, 0.2) is 42.6 Å². The summed E-state index contributed by atoms with van der Waals surface area (Å²) in [6, 6.07) is 8.71. The van der Waals surface area contributed by atoms with Crippen LogP contribution < -0.4 is 10.6 Å². The second-order valence-electron chi connectivity index (χ2n) is 4.98. The van der Waals surface area contributed by atoms with Gasteiger partial charge in [-0.05, 0) is 29.8 Å². The first-order chi connectivity index (χ1) is 11.5. The molecule has 0 fully saturated rings. The normalized spacial score (nSPS) is 12.1. The first-order valence-electron chi connectivity index (χ1n) is 7.02. The van der Waals surface area contributed by atoms with Crippen LogP contribution >= 0.6 is 11.6 Å². The molecule has 3 rings (SSSR count). The molecule has 3 N–H and O–H groups in total. The summed E-state index contributed by atoms with van der Waals surface area (Å²) < 4.78 is 15.0. The van der Waals surface area contributed by atoms with Gasteiger partial charge in [0.15, 0.2) is 5.65 Å². The molecule has 1 atom stereocenters. The molecule has 0 spiro atoms. The molecule has 0 aliphatic carbocycles. The van der Waals surface area contributed by atoms with Crippen LogP contribution in [0.2, 0.25) is 5.02 Å². The molecule has 2 heterocycles. The number of amides is 2. The summed E-state index contributed by atoms with van der Waals surface area (Å²) in [4.78, 5) is 11.9. The SMILES string of the molecule is O=C(NC[C@@H](O)c1ccc(Cl)c(F)c1)Nc1nnc2ccccn12. The predicted octanol–water partition coefficient (Wildman–Crippen LogP) is 2.38. The molecule has 0 saturated heterocycles. The fourth-order valence-corrected chi connectivity index (χ4v) is 2.22. The number of rotatable bonds is 4. The van der Waals surface area contributed by atoms with Gasteiger partial charge in [-0.15, -0.1) is 10.2 Å². The Morgan fingerprint density at radius 1 is 1.33 bits per heavy atom. The van der Waals surface area contributed by atoms with Crippen molar-refractivity contribution >= 4 is 29.2 Å². The maximum absolute atomic E-state index is 13.4. The van der Waals surface area contributed by atoms with Gasteiger partial charge >= 0.3 is 6.03 Å². The number of aliphatic hydroxyl groups is 1. The first kappa shape index (κ1) is 16.2. The lowest BCUT2D eigenvalue weighted by molar-refractivity contribution is 0.174. The van der Waals surface area contributed by atoms with Gasteiger partial charge in [-0.3, -0.25) is 9.72 Å². The number of urea groups is 1. The zero-order chi connectivity index (χ0) is 17.1. The number of anilines is 1. The zero-order valence-corrected chi connectivity index (χ0v) is 13.0. The van der Waals surface area contributed by atoms with E-state index in [1.54, 1.807) is 28.8 Å². The highest BCUT2D eigenvalue weighted by molar-refractivity contribution is 6.30. The summed E-state index contributed by atoms with van der Waals surface area (Å²) in [5.74, 6) is -0.386. The lowest BCUT2D eigenvalue weighted by Crippen LogP contribution is -2.33. The van der Waals surface area contributed by atoms with Crippen molar-refractivity contribution < 1.29 is 14.3 Å². The molecule has 0 bridgehead atoms. The molecular weight excluding hydrogens is 337 g/mol. The van der Waals surface area contributed by atoms with Crippen molar-refractivity contribution in [2.24, 2.45) is 0 Å². The van der Waals surface area contributed by atoms with Gasteiger partial charge in [0.1, 0.15) is 5.82 Å². The van der Waals surface area contributed by atoms with Crippen molar-refractivity contribution in [3.05, 3.63) is 59.0 Å². The molecule has 0 unspecified atom stereocenters. The summed E-state index contributed by atoms with van der Waals surface area (Å²) in [7, 11) is 0. The summed E-state index contributed by atoms with van der Waals surface area (Å²) in [6.07, 6.45) is 0.633. The number of nitrogens with one attached hydrogen (secondary N) is 2. The van der Waals surface area contributed by atoms with Crippen LogP contribution in [0.5, 0.6) is 0 Å². The van der Waals surface area contributed by atoms with E-state index in [1.165, 1.54) is 12.1 Å². The molecule has 124 valence electrons. The maximum atomic E-state index is 13.4. The van der Waals surface area contributed by atoms with E-state index in [9.17, 15) is 14.3 Å². The summed E-state index contributed by atoms with van der Waals surface area (Å²) in [6.45, 7) is -0.107. The lowest BCUT2D eigenvalue weighted by atomic mass is 10.1. The Labute approximate surface area is 141 Å². The molecule has 24 heavy (non-hydrogen) atoms. The predicted molar refractivity (Wildman–Crippen MR) is 86.4 cm³/mol. The maximum Gasteiger partial charge on any atom is 0.321 e. The third-order valence-corrected chi connectivity index (χ3v) is 3.63. The quantitative estimate of drug-likeness (QED) is 0.674. The molecule has 1 aromatic carbocycles. The third kappa shape index (κ3) is 3.44. The van der Waals surface area contributed by atoms with Crippen LogP contribution in [-0.2, 0) is 0 Å². The number of fused-ring (bicyclic) bond motifs is 1. The van der Waals surface area contributed by atoms with Crippen LogP contribution in [0.1, 0.15) is 11.7 Å². The lowest BCUT2D eigenvalue weighted by Gasteiger charge is -2.13. The minimum atomic E-state index is -1.07. The van der Waals surface area contributed by atoms with Gasteiger partial charge in [-0.25, -0.2) is 9.18 Å². The Morgan fingerprint density at radius 3 is 2.96 bits per heavy atom. The average molecular weight is 350 g/mol. The number of benzene rings is 1. The molecular formula is C15H13ClFN5O2. The average Bonchev–Trinajstić information content (AvgIpc) is 2.98. The molecule has 0 saturated carbocycles. The van der Waals surface area contributed by atoms with E-state index in [1.807, 2.05) is 0 Å². The molecule has 3 aromatic rings. The summed E-state index contributed by atoms with van der Waals surface area (Å²) in [5.41, 5.74) is 0.898. The molecule has 2 amide bonds. The van der Waals surface area contributed by atoms with E-state index in [2.05, 4.69) is 20.8 Å². The van der Waals surface area contributed by atoms with Gasteiger partial charge in [-0.2, -0.15) is 0 Å². The number of aliphatic hydroxyl groups excluding tert-OH is 1. The van der Waals surface area contributed by atoms with Gasteiger partial charge < -0.3 is 10.4 Å². The van der Waals surface area contributed by atoms with E-state index in [4.69, 9.17) is 11.6 Å². The van der Waals surface area contributed by atoms with Crippen LogP contribution in [-0.4, -0.2) is 32.3 Å². The first-order valence-corrected chi connectivity index (χ1v) is 7.40. The fraction of sp³-hybridized carbons (Fsp3) is 0.133. The molecule has 7 nitrogen and oxygen atoms in total. The highest BCUT2D eigenvalue weighted by Gasteiger charge is 2.13. The number of hydrogen-bond donors (Lipinski definition) is 3. The van der Waals surface area contributed by atoms with Crippen LogP contribution in [0.25, 0.3) is 5.65 Å². The number of carbonyl (C=O) groups excluding carboxylic acids is 1. The van der Waals surface area contributed by atoms with Crippen molar-refractivity contribution in [2.75, 3.05) is 11.9 Å².